The van der Waals surface area contributed by atoms with Crippen LogP contribution in [0.3, 0.4) is 0 Å². The van der Waals surface area contributed by atoms with Gasteiger partial charge in [-0.05, 0) is 42.8 Å². The summed E-state index contributed by atoms with van der Waals surface area (Å²) in [6, 6.07) is 11.7. The molecule has 1 heterocycles. The van der Waals surface area contributed by atoms with Gasteiger partial charge in [-0.3, -0.25) is 14.4 Å². The molecule has 0 radical (unpaired) electrons. The van der Waals surface area contributed by atoms with Crippen LogP contribution in [0.5, 0.6) is 11.5 Å². The smallest absolute Gasteiger partial charge is 0.255 e. The van der Waals surface area contributed by atoms with Crippen molar-refractivity contribution >= 4 is 29.1 Å². The molecule has 1 aliphatic heterocycles. The Balaban J connectivity index is 1.58. The number of hydrogen-bond donors (Lipinski definition) is 2. The third-order valence-corrected chi connectivity index (χ3v) is 5.44. The molecule has 170 valence electrons. The van der Waals surface area contributed by atoms with E-state index in [1.54, 1.807) is 54.5 Å². The summed E-state index contributed by atoms with van der Waals surface area (Å²) in [7, 11) is 3.07. The molecule has 0 aromatic heterocycles. The predicted molar refractivity (Wildman–Crippen MR) is 122 cm³/mol. The van der Waals surface area contributed by atoms with Crippen molar-refractivity contribution < 1.29 is 23.9 Å². The summed E-state index contributed by atoms with van der Waals surface area (Å²) in [4.78, 5) is 39.0. The number of ether oxygens (including phenoxy) is 2. The number of nitrogens with one attached hydrogen (secondary N) is 2. The molecule has 3 rings (SSSR count). The van der Waals surface area contributed by atoms with E-state index in [-0.39, 0.29) is 30.1 Å². The van der Waals surface area contributed by atoms with E-state index in [1.165, 1.54) is 7.11 Å². The van der Waals surface area contributed by atoms with Gasteiger partial charge in [-0.25, -0.2) is 0 Å². The molecule has 1 fully saturated rings. The Bertz CT molecular complexity index is 974. The van der Waals surface area contributed by atoms with Crippen molar-refractivity contribution in [3.63, 3.8) is 0 Å². The third kappa shape index (κ3) is 5.57. The van der Waals surface area contributed by atoms with Gasteiger partial charge in [0.2, 0.25) is 11.8 Å². The minimum Gasteiger partial charge on any atom is -0.497 e. The van der Waals surface area contributed by atoms with E-state index in [0.717, 1.165) is 12.8 Å². The van der Waals surface area contributed by atoms with Crippen molar-refractivity contribution in [3.05, 3.63) is 48.0 Å². The van der Waals surface area contributed by atoms with Crippen LogP contribution < -0.4 is 20.1 Å². The average molecular weight is 440 g/mol. The van der Waals surface area contributed by atoms with E-state index in [9.17, 15) is 14.4 Å². The molecule has 8 nitrogen and oxygen atoms in total. The first-order chi connectivity index (χ1) is 15.4. The molecule has 0 unspecified atom stereocenters. The summed E-state index contributed by atoms with van der Waals surface area (Å²) in [5.74, 6) is 0.291. The number of benzene rings is 2. The predicted octanol–water partition coefficient (Wildman–Crippen LogP) is 3.54. The van der Waals surface area contributed by atoms with Gasteiger partial charge in [0.1, 0.15) is 11.5 Å². The van der Waals surface area contributed by atoms with Crippen molar-refractivity contribution in [2.45, 2.75) is 26.2 Å². The molecule has 1 aliphatic rings. The Kier molecular flexibility index (Phi) is 7.70. The van der Waals surface area contributed by atoms with Gasteiger partial charge in [-0.1, -0.05) is 13.3 Å². The molecule has 0 spiro atoms. The van der Waals surface area contributed by atoms with Gasteiger partial charge in [-0.15, -0.1) is 0 Å². The van der Waals surface area contributed by atoms with Crippen LogP contribution in [0.25, 0.3) is 0 Å². The van der Waals surface area contributed by atoms with E-state index in [1.807, 2.05) is 0 Å². The highest BCUT2D eigenvalue weighted by Crippen LogP contribution is 2.29. The highest BCUT2D eigenvalue weighted by atomic mass is 16.5. The minimum absolute atomic E-state index is 0.0274. The number of hydrogen-bond acceptors (Lipinski definition) is 5. The van der Waals surface area contributed by atoms with Crippen LogP contribution in [-0.4, -0.2) is 49.9 Å². The summed E-state index contributed by atoms with van der Waals surface area (Å²) < 4.78 is 10.5. The molecule has 2 N–H and O–H groups in total. The van der Waals surface area contributed by atoms with Crippen molar-refractivity contribution in [1.82, 2.24) is 4.90 Å². The summed E-state index contributed by atoms with van der Waals surface area (Å²) in [5.41, 5.74) is 1.53. The van der Waals surface area contributed by atoms with Crippen LogP contribution in [0.15, 0.2) is 42.5 Å². The summed E-state index contributed by atoms with van der Waals surface area (Å²) in [5, 5.41) is 5.66. The van der Waals surface area contributed by atoms with Crippen LogP contribution in [0.1, 0.15) is 36.5 Å². The standard InChI is InChI=1S/C24H29N3O5/c1-4-5-12-27-15-17(13-22(27)28)24(30)25-18-8-6-16(7-9-18)23(29)26-20-11-10-19(31-2)14-21(20)32-3/h6-11,14,17H,4-5,12-13,15H2,1-3H3,(H,25,30)(H,26,29)/t17-/m1/s1. The first kappa shape index (κ1) is 23.1. The van der Waals surface area contributed by atoms with Crippen LogP contribution >= 0.6 is 0 Å². The zero-order chi connectivity index (χ0) is 23.1. The Morgan fingerprint density at radius 3 is 2.47 bits per heavy atom. The molecule has 1 atom stereocenters. The van der Waals surface area contributed by atoms with Gasteiger partial charge < -0.3 is 25.0 Å². The molecular formula is C24H29N3O5. The third-order valence-electron chi connectivity index (χ3n) is 5.44. The Morgan fingerprint density at radius 1 is 1.06 bits per heavy atom. The summed E-state index contributed by atoms with van der Waals surface area (Å²) in [6.07, 6.45) is 2.18. The second-order valence-corrected chi connectivity index (χ2v) is 7.68. The molecule has 0 bridgehead atoms. The van der Waals surface area contributed by atoms with E-state index in [4.69, 9.17) is 9.47 Å². The lowest BCUT2D eigenvalue weighted by atomic mass is 10.1. The zero-order valence-electron chi connectivity index (χ0n) is 18.6. The van der Waals surface area contributed by atoms with Gasteiger partial charge in [0.15, 0.2) is 0 Å². The number of rotatable bonds is 9. The van der Waals surface area contributed by atoms with Crippen molar-refractivity contribution in [2.75, 3.05) is 37.9 Å². The molecule has 0 saturated carbocycles. The van der Waals surface area contributed by atoms with Gasteiger partial charge in [-0.2, -0.15) is 0 Å². The molecule has 32 heavy (non-hydrogen) atoms. The number of methoxy groups -OCH3 is 2. The minimum atomic E-state index is -0.357. The van der Waals surface area contributed by atoms with E-state index in [0.29, 0.717) is 41.5 Å². The van der Waals surface area contributed by atoms with Gasteiger partial charge in [0.25, 0.3) is 5.91 Å². The Labute approximate surface area is 187 Å². The molecule has 8 heteroatoms. The number of unbranched alkanes of at least 4 members (excludes halogenated alkanes) is 1. The summed E-state index contributed by atoms with van der Waals surface area (Å²) in [6.45, 7) is 3.22. The van der Waals surface area contributed by atoms with Gasteiger partial charge >= 0.3 is 0 Å². The lowest BCUT2D eigenvalue weighted by molar-refractivity contribution is -0.128. The second kappa shape index (κ2) is 10.7. The maximum absolute atomic E-state index is 12.6. The Morgan fingerprint density at radius 2 is 1.81 bits per heavy atom. The second-order valence-electron chi connectivity index (χ2n) is 7.68. The maximum atomic E-state index is 12.6. The van der Waals surface area contributed by atoms with Gasteiger partial charge in [0.05, 0.1) is 25.8 Å². The Hall–Kier alpha value is -3.55. The number of amides is 3. The molecule has 0 aliphatic carbocycles. The van der Waals surface area contributed by atoms with Crippen LogP contribution in [-0.2, 0) is 9.59 Å². The first-order valence-corrected chi connectivity index (χ1v) is 10.7. The van der Waals surface area contributed by atoms with E-state index < -0.39 is 0 Å². The fraction of sp³-hybridized carbons (Fsp3) is 0.375. The average Bonchev–Trinajstić information content (AvgIpc) is 3.18. The first-order valence-electron chi connectivity index (χ1n) is 10.7. The monoisotopic (exact) mass is 439 g/mol. The lowest BCUT2D eigenvalue weighted by Gasteiger charge is -2.16. The number of carbonyl (C=O) groups is 3. The van der Waals surface area contributed by atoms with Crippen molar-refractivity contribution in [3.8, 4) is 11.5 Å². The zero-order valence-corrected chi connectivity index (χ0v) is 18.6. The largest absolute Gasteiger partial charge is 0.497 e. The van der Waals surface area contributed by atoms with E-state index >= 15 is 0 Å². The topological polar surface area (TPSA) is 97.0 Å². The van der Waals surface area contributed by atoms with Gasteiger partial charge in [0, 0.05) is 36.8 Å². The normalized spacial score (nSPS) is 15.4. The quantitative estimate of drug-likeness (QED) is 0.623. The van der Waals surface area contributed by atoms with Crippen LogP contribution in [0.2, 0.25) is 0 Å². The molecule has 2 aromatic rings. The molecule has 3 amide bonds. The van der Waals surface area contributed by atoms with Crippen molar-refractivity contribution in [2.24, 2.45) is 5.92 Å². The number of anilines is 2. The highest BCUT2D eigenvalue weighted by Gasteiger charge is 2.33. The molecular weight excluding hydrogens is 410 g/mol. The van der Waals surface area contributed by atoms with Crippen molar-refractivity contribution in [1.29, 1.82) is 0 Å². The number of nitrogens with zero attached hydrogens (tertiary/aromatic N) is 1. The highest BCUT2D eigenvalue weighted by molar-refractivity contribution is 6.05. The lowest BCUT2D eigenvalue weighted by Crippen LogP contribution is -2.29. The number of carbonyl (C=O) groups excluding carboxylic acids is 3. The summed E-state index contributed by atoms with van der Waals surface area (Å²) >= 11 is 0. The maximum Gasteiger partial charge on any atom is 0.255 e. The fourth-order valence-corrected chi connectivity index (χ4v) is 3.56. The van der Waals surface area contributed by atoms with Crippen LogP contribution in [0, 0.1) is 5.92 Å². The van der Waals surface area contributed by atoms with E-state index in [2.05, 4.69) is 17.6 Å². The van der Waals surface area contributed by atoms with Crippen LogP contribution in [0.4, 0.5) is 11.4 Å². The number of likely N-dealkylation sites (tertiary alicyclic amines) is 1. The molecule has 1 saturated heterocycles. The fourth-order valence-electron chi connectivity index (χ4n) is 3.56. The SMILES string of the molecule is CCCCN1C[C@H](C(=O)Nc2ccc(C(=O)Nc3ccc(OC)cc3OC)cc2)CC1=O. The molecule has 2 aromatic carbocycles.